The highest BCUT2D eigenvalue weighted by Crippen LogP contribution is 2.11. The van der Waals surface area contributed by atoms with Gasteiger partial charge in [-0.1, -0.05) is 58.3 Å². The van der Waals surface area contributed by atoms with Gasteiger partial charge in [0.25, 0.3) is 5.91 Å². The molecule has 0 fully saturated rings. The summed E-state index contributed by atoms with van der Waals surface area (Å²) in [4.78, 5) is 26.9. The van der Waals surface area contributed by atoms with Crippen molar-refractivity contribution in [3.63, 3.8) is 0 Å². The van der Waals surface area contributed by atoms with Gasteiger partial charge < -0.3 is 4.84 Å². The minimum absolute atomic E-state index is 0.127. The lowest BCUT2D eigenvalue weighted by Crippen LogP contribution is -2.28. The molecule has 0 aliphatic carbocycles. The predicted octanol–water partition coefficient (Wildman–Crippen LogP) is 3.84. The summed E-state index contributed by atoms with van der Waals surface area (Å²) >= 11 is 0. The van der Waals surface area contributed by atoms with E-state index in [2.05, 4.69) is 11.8 Å². The minimum Gasteiger partial charge on any atom is -0.339 e. The molecule has 0 aromatic carbocycles. The van der Waals surface area contributed by atoms with Crippen LogP contribution in [0, 0.1) is 0 Å². The standard InChI is InChI=1S/C15H29NO3/c1-4-5-6-7-8-9-10-11-12-13-15(18)16(3)19-14(2)17/h4-13H2,1-3H3. The summed E-state index contributed by atoms with van der Waals surface area (Å²) in [6.07, 6.45) is 11.5. The highest BCUT2D eigenvalue weighted by molar-refractivity contribution is 5.77. The van der Waals surface area contributed by atoms with Gasteiger partial charge in [0, 0.05) is 20.4 Å². The molecule has 0 atom stereocenters. The van der Waals surface area contributed by atoms with Crippen LogP contribution in [0.3, 0.4) is 0 Å². The van der Waals surface area contributed by atoms with E-state index in [1.807, 2.05) is 0 Å². The van der Waals surface area contributed by atoms with E-state index in [0.717, 1.165) is 17.9 Å². The fraction of sp³-hybridized carbons (Fsp3) is 0.867. The third-order valence-corrected chi connectivity index (χ3v) is 3.11. The van der Waals surface area contributed by atoms with E-state index in [1.165, 1.54) is 58.9 Å². The molecule has 1 amide bonds. The first-order valence-corrected chi connectivity index (χ1v) is 7.53. The Hall–Kier alpha value is -1.06. The maximum absolute atomic E-state index is 11.5. The molecule has 0 aromatic heterocycles. The molecule has 0 aliphatic rings. The maximum Gasteiger partial charge on any atom is 0.329 e. The average Bonchev–Trinajstić information content (AvgIpc) is 2.35. The molecule has 0 saturated carbocycles. The molecule has 4 heteroatoms. The molecule has 0 saturated heterocycles. The number of rotatable bonds is 10. The highest BCUT2D eigenvalue weighted by atomic mass is 16.7. The normalized spacial score (nSPS) is 10.3. The van der Waals surface area contributed by atoms with Crippen molar-refractivity contribution < 1.29 is 14.4 Å². The van der Waals surface area contributed by atoms with Crippen LogP contribution in [0.25, 0.3) is 0 Å². The molecular weight excluding hydrogens is 242 g/mol. The van der Waals surface area contributed by atoms with Gasteiger partial charge in [0.05, 0.1) is 0 Å². The summed E-state index contributed by atoms with van der Waals surface area (Å²) in [5, 5.41) is 1.03. The van der Waals surface area contributed by atoms with E-state index in [1.54, 1.807) is 0 Å². The molecular formula is C15H29NO3. The fourth-order valence-corrected chi connectivity index (χ4v) is 1.99. The van der Waals surface area contributed by atoms with Gasteiger partial charge in [0.1, 0.15) is 0 Å². The van der Waals surface area contributed by atoms with E-state index < -0.39 is 5.97 Å². The van der Waals surface area contributed by atoms with Crippen LogP contribution < -0.4 is 0 Å². The summed E-state index contributed by atoms with van der Waals surface area (Å²) in [6.45, 7) is 3.52. The molecule has 19 heavy (non-hydrogen) atoms. The van der Waals surface area contributed by atoms with Crippen molar-refractivity contribution in [2.24, 2.45) is 0 Å². The molecule has 112 valence electrons. The fourth-order valence-electron chi connectivity index (χ4n) is 1.99. The predicted molar refractivity (Wildman–Crippen MR) is 76.4 cm³/mol. The topological polar surface area (TPSA) is 46.6 Å². The first-order chi connectivity index (χ1) is 9.07. The molecule has 0 aromatic rings. The Kier molecular flexibility index (Phi) is 11.3. The first-order valence-electron chi connectivity index (χ1n) is 7.53. The van der Waals surface area contributed by atoms with E-state index in [0.29, 0.717) is 6.42 Å². The molecule has 0 heterocycles. The maximum atomic E-state index is 11.5. The monoisotopic (exact) mass is 271 g/mol. The Morgan fingerprint density at radius 2 is 1.37 bits per heavy atom. The van der Waals surface area contributed by atoms with Crippen LogP contribution >= 0.6 is 0 Å². The second-order valence-electron chi connectivity index (χ2n) is 5.05. The number of nitrogens with zero attached hydrogens (tertiary/aromatic N) is 1. The van der Waals surface area contributed by atoms with Crippen molar-refractivity contribution in [3.8, 4) is 0 Å². The number of hydrogen-bond donors (Lipinski definition) is 0. The second-order valence-corrected chi connectivity index (χ2v) is 5.05. The summed E-state index contributed by atoms with van der Waals surface area (Å²) < 4.78 is 0. The van der Waals surface area contributed by atoms with Crippen LogP contribution in [0.4, 0.5) is 0 Å². The highest BCUT2D eigenvalue weighted by Gasteiger charge is 2.10. The molecule has 0 bridgehead atoms. The molecule has 0 radical (unpaired) electrons. The zero-order valence-corrected chi connectivity index (χ0v) is 12.7. The first kappa shape index (κ1) is 17.9. The lowest BCUT2D eigenvalue weighted by atomic mass is 10.1. The van der Waals surface area contributed by atoms with Crippen LogP contribution in [0.15, 0.2) is 0 Å². The van der Waals surface area contributed by atoms with Gasteiger partial charge >= 0.3 is 5.97 Å². The summed E-state index contributed by atoms with van der Waals surface area (Å²) in [7, 11) is 1.48. The van der Waals surface area contributed by atoms with E-state index in [9.17, 15) is 9.59 Å². The number of hydroxylamine groups is 2. The van der Waals surface area contributed by atoms with Gasteiger partial charge in [-0.2, -0.15) is 5.06 Å². The molecule has 0 unspecified atom stereocenters. The summed E-state index contributed by atoms with van der Waals surface area (Å²) in [5.41, 5.74) is 0. The number of carbonyl (C=O) groups is 2. The van der Waals surface area contributed by atoms with Crippen molar-refractivity contribution in [1.82, 2.24) is 5.06 Å². The van der Waals surface area contributed by atoms with Gasteiger partial charge in [-0.3, -0.25) is 9.59 Å². The Balaban J connectivity index is 3.34. The van der Waals surface area contributed by atoms with E-state index >= 15 is 0 Å². The smallest absolute Gasteiger partial charge is 0.329 e. The van der Waals surface area contributed by atoms with Crippen LogP contribution in [0.1, 0.15) is 78.1 Å². The van der Waals surface area contributed by atoms with Crippen LogP contribution in [0.5, 0.6) is 0 Å². The van der Waals surface area contributed by atoms with Gasteiger partial charge in [-0.15, -0.1) is 0 Å². The van der Waals surface area contributed by atoms with Crippen LogP contribution in [-0.4, -0.2) is 24.0 Å². The minimum atomic E-state index is -0.456. The van der Waals surface area contributed by atoms with Gasteiger partial charge in [0.15, 0.2) is 0 Å². The zero-order valence-electron chi connectivity index (χ0n) is 12.7. The largest absolute Gasteiger partial charge is 0.339 e. The Labute approximate surface area is 117 Å². The quantitative estimate of drug-likeness (QED) is 0.448. The lowest BCUT2D eigenvalue weighted by molar-refractivity contribution is -0.190. The average molecular weight is 271 g/mol. The lowest BCUT2D eigenvalue weighted by Gasteiger charge is -2.14. The van der Waals surface area contributed by atoms with Gasteiger partial charge in [-0.05, 0) is 6.42 Å². The van der Waals surface area contributed by atoms with Crippen molar-refractivity contribution >= 4 is 11.9 Å². The number of carbonyl (C=O) groups excluding carboxylic acids is 2. The number of unbranched alkanes of at least 4 members (excludes halogenated alkanes) is 8. The van der Waals surface area contributed by atoms with Crippen molar-refractivity contribution in [1.29, 1.82) is 0 Å². The number of hydrogen-bond acceptors (Lipinski definition) is 3. The van der Waals surface area contributed by atoms with Gasteiger partial charge in [-0.25, -0.2) is 0 Å². The third kappa shape index (κ3) is 11.7. The van der Waals surface area contributed by atoms with Gasteiger partial charge in [0.2, 0.25) is 0 Å². The molecule has 0 rings (SSSR count). The second kappa shape index (κ2) is 12.0. The van der Waals surface area contributed by atoms with Crippen LogP contribution in [-0.2, 0) is 14.4 Å². The van der Waals surface area contributed by atoms with E-state index in [4.69, 9.17) is 0 Å². The van der Waals surface area contributed by atoms with E-state index in [-0.39, 0.29) is 5.91 Å². The van der Waals surface area contributed by atoms with Crippen LogP contribution in [0.2, 0.25) is 0 Å². The Morgan fingerprint density at radius 1 is 0.895 bits per heavy atom. The SMILES string of the molecule is CCCCCCCCCCCC(=O)N(C)OC(C)=O. The zero-order chi connectivity index (χ0) is 14.5. The van der Waals surface area contributed by atoms with Crippen molar-refractivity contribution in [2.75, 3.05) is 7.05 Å². The molecule has 0 spiro atoms. The van der Waals surface area contributed by atoms with Crippen molar-refractivity contribution in [2.45, 2.75) is 78.1 Å². The van der Waals surface area contributed by atoms with Crippen molar-refractivity contribution in [3.05, 3.63) is 0 Å². The molecule has 4 nitrogen and oxygen atoms in total. The summed E-state index contributed by atoms with van der Waals surface area (Å²) in [5.74, 6) is -0.582. The molecule has 0 aliphatic heterocycles. The molecule has 0 N–H and O–H groups in total. The third-order valence-electron chi connectivity index (χ3n) is 3.11. The summed E-state index contributed by atoms with van der Waals surface area (Å²) in [6, 6.07) is 0. The Bertz CT molecular complexity index is 254. The Morgan fingerprint density at radius 3 is 1.84 bits per heavy atom. The number of amides is 1.